The van der Waals surface area contributed by atoms with Crippen molar-refractivity contribution in [2.75, 3.05) is 0 Å². The second kappa shape index (κ2) is 4.83. The minimum absolute atomic E-state index is 0.111. The Morgan fingerprint density at radius 3 is 2.62 bits per heavy atom. The van der Waals surface area contributed by atoms with Crippen molar-refractivity contribution >= 4 is 0 Å². The molecule has 16 heavy (non-hydrogen) atoms. The third kappa shape index (κ3) is 2.35. The number of halogens is 1. The summed E-state index contributed by atoms with van der Waals surface area (Å²) in [6.45, 7) is 0. The van der Waals surface area contributed by atoms with Gasteiger partial charge in [-0.1, -0.05) is 19.3 Å². The van der Waals surface area contributed by atoms with E-state index in [1.54, 1.807) is 0 Å². The van der Waals surface area contributed by atoms with Crippen molar-refractivity contribution in [1.29, 1.82) is 0 Å². The molecule has 1 aromatic carbocycles. The fourth-order valence-corrected chi connectivity index (χ4v) is 2.54. The maximum Gasteiger partial charge on any atom is 0.123 e. The van der Waals surface area contributed by atoms with E-state index in [9.17, 15) is 9.50 Å². The average Bonchev–Trinajstić information content (AvgIpc) is 2.32. The van der Waals surface area contributed by atoms with Crippen LogP contribution in [0.4, 0.5) is 4.39 Å². The highest BCUT2D eigenvalue weighted by atomic mass is 19.1. The van der Waals surface area contributed by atoms with E-state index in [0.29, 0.717) is 11.5 Å². The first-order chi connectivity index (χ1) is 7.68. The molecule has 1 aromatic rings. The number of hydrogen-bond donors (Lipinski definition) is 2. The van der Waals surface area contributed by atoms with Gasteiger partial charge in [0.25, 0.3) is 0 Å². The third-order valence-electron chi connectivity index (χ3n) is 3.51. The van der Waals surface area contributed by atoms with Gasteiger partial charge in [-0.2, -0.15) is 0 Å². The molecule has 0 saturated heterocycles. The Kier molecular flexibility index (Phi) is 3.44. The van der Waals surface area contributed by atoms with Crippen LogP contribution in [0.3, 0.4) is 0 Å². The Morgan fingerprint density at radius 1 is 1.25 bits per heavy atom. The number of rotatable bonds is 2. The van der Waals surface area contributed by atoms with Crippen molar-refractivity contribution in [3.8, 4) is 5.75 Å². The van der Waals surface area contributed by atoms with Crippen LogP contribution >= 0.6 is 0 Å². The summed E-state index contributed by atoms with van der Waals surface area (Å²) in [5, 5.41) is 9.69. The molecule has 0 amide bonds. The lowest BCUT2D eigenvalue weighted by Gasteiger charge is -2.28. The van der Waals surface area contributed by atoms with Crippen LogP contribution < -0.4 is 5.73 Å². The van der Waals surface area contributed by atoms with Crippen molar-refractivity contribution in [3.05, 3.63) is 29.6 Å². The molecule has 1 aliphatic carbocycles. The molecule has 0 aliphatic heterocycles. The maximum atomic E-state index is 13.1. The maximum absolute atomic E-state index is 13.1. The van der Waals surface area contributed by atoms with E-state index < -0.39 is 0 Å². The number of phenols is 1. The van der Waals surface area contributed by atoms with Crippen LogP contribution in [0.25, 0.3) is 0 Å². The topological polar surface area (TPSA) is 46.2 Å². The first-order valence-corrected chi connectivity index (χ1v) is 5.92. The van der Waals surface area contributed by atoms with E-state index in [4.69, 9.17) is 5.73 Å². The Morgan fingerprint density at radius 2 is 1.94 bits per heavy atom. The first kappa shape index (κ1) is 11.4. The van der Waals surface area contributed by atoms with Crippen LogP contribution in [-0.4, -0.2) is 5.11 Å². The van der Waals surface area contributed by atoms with E-state index >= 15 is 0 Å². The number of nitrogens with two attached hydrogens (primary N) is 1. The van der Waals surface area contributed by atoms with E-state index in [2.05, 4.69) is 0 Å². The van der Waals surface area contributed by atoms with Gasteiger partial charge in [-0.25, -0.2) is 4.39 Å². The molecule has 88 valence electrons. The van der Waals surface area contributed by atoms with Crippen molar-refractivity contribution < 1.29 is 9.50 Å². The van der Waals surface area contributed by atoms with Crippen LogP contribution in [0, 0.1) is 11.7 Å². The third-order valence-corrected chi connectivity index (χ3v) is 3.51. The van der Waals surface area contributed by atoms with Crippen molar-refractivity contribution in [1.82, 2.24) is 0 Å². The van der Waals surface area contributed by atoms with Crippen LogP contribution in [0.5, 0.6) is 5.75 Å². The Balaban J connectivity index is 2.18. The second-order valence-corrected chi connectivity index (χ2v) is 4.63. The molecule has 1 atom stereocenters. The second-order valence-electron chi connectivity index (χ2n) is 4.63. The lowest BCUT2D eigenvalue weighted by Crippen LogP contribution is -2.23. The number of hydrogen-bond acceptors (Lipinski definition) is 2. The minimum Gasteiger partial charge on any atom is -0.508 e. The summed E-state index contributed by atoms with van der Waals surface area (Å²) >= 11 is 0. The molecule has 3 heteroatoms. The quantitative estimate of drug-likeness (QED) is 0.809. The molecule has 2 rings (SSSR count). The van der Waals surface area contributed by atoms with Crippen molar-refractivity contribution in [2.24, 2.45) is 11.7 Å². The summed E-state index contributed by atoms with van der Waals surface area (Å²) in [5.74, 6) is 0.153. The lowest BCUT2D eigenvalue weighted by atomic mass is 9.81. The van der Waals surface area contributed by atoms with Gasteiger partial charge in [0.05, 0.1) is 0 Å². The molecule has 1 fully saturated rings. The molecule has 0 radical (unpaired) electrons. The molecular weight excluding hydrogens is 205 g/mol. The summed E-state index contributed by atoms with van der Waals surface area (Å²) in [6, 6.07) is 3.75. The van der Waals surface area contributed by atoms with E-state index in [1.807, 2.05) is 0 Å². The van der Waals surface area contributed by atoms with Crippen LogP contribution in [0.15, 0.2) is 18.2 Å². The highest BCUT2D eigenvalue weighted by Gasteiger charge is 2.24. The molecule has 0 bridgehead atoms. The fourth-order valence-electron chi connectivity index (χ4n) is 2.54. The Hall–Kier alpha value is -1.09. The molecule has 3 N–H and O–H groups in total. The highest BCUT2D eigenvalue weighted by molar-refractivity contribution is 5.35. The molecule has 0 spiro atoms. The molecule has 1 saturated carbocycles. The van der Waals surface area contributed by atoms with E-state index in [1.165, 1.54) is 37.5 Å². The van der Waals surface area contributed by atoms with Crippen LogP contribution in [0.1, 0.15) is 43.7 Å². The van der Waals surface area contributed by atoms with Crippen molar-refractivity contribution in [3.63, 3.8) is 0 Å². The zero-order valence-electron chi connectivity index (χ0n) is 9.32. The zero-order chi connectivity index (χ0) is 11.5. The summed E-state index contributed by atoms with van der Waals surface area (Å²) in [5.41, 5.74) is 6.66. The predicted molar refractivity (Wildman–Crippen MR) is 61.6 cm³/mol. The average molecular weight is 223 g/mol. The van der Waals surface area contributed by atoms with Gasteiger partial charge in [-0.05, 0) is 37.0 Å². The van der Waals surface area contributed by atoms with Gasteiger partial charge in [0, 0.05) is 11.6 Å². The van der Waals surface area contributed by atoms with Gasteiger partial charge in [-0.3, -0.25) is 0 Å². The molecule has 0 aromatic heterocycles. The van der Waals surface area contributed by atoms with Crippen molar-refractivity contribution in [2.45, 2.75) is 38.1 Å². The molecule has 0 heterocycles. The highest BCUT2D eigenvalue weighted by Crippen LogP contribution is 2.36. The fraction of sp³-hybridized carbons (Fsp3) is 0.538. The van der Waals surface area contributed by atoms with E-state index in [-0.39, 0.29) is 17.6 Å². The minimum atomic E-state index is -0.334. The van der Waals surface area contributed by atoms with Gasteiger partial charge in [0.2, 0.25) is 0 Å². The van der Waals surface area contributed by atoms with E-state index in [0.717, 1.165) is 12.8 Å². The van der Waals surface area contributed by atoms with Gasteiger partial charge in [0.15, 0.2) is 0 Å². The summed E-state index contributed by atoms with van der Waals surface area (Å²) in [4.78, 5) is 0. The van der Waals surface area contributed by atoms with Gasteiger partial charge in [-0.15, -0.1) is 0 Å². The molecular formula is C13H18FNO. The largest absolute Gasteiger partial charge is 0.508 e. The number of phenolic OH excluding ortho intramolecular Hbond substituents is 1. The van der Waals surface area contributed by atoms with Crippen LogP contribution in [-0.2, 0) is 0 Å². The number of aromatic hydroxyl groups is 1. The first-order valence-electron chi connectivity index (χ1n) is 5.92. The predicted octanol–water partition coefficient (Wildman–Crippen LogP) is 3.11. The SMILES string of the molecule is N[C@H](c1cc(F)ccc1O)C1CCCCC1. The number of benzene rings is 1. The molecule has 0 unspecified atom stereocenters. The Labute approximate surface area is 95.3 Å². The lowest BCUT2D eigenvalue weighted by molar-refractivity contribution is 0.302. The van der Waals surface area contributed by atoms with Crippen LogP contribution in [0.2, 0.25) is 0 Å². The smallest absolute Gasteiger partial charge is 0.123 e. The van der Waals surface area contributed by atoms with Gasteiger partial charge in [0.1, 0.15) is 11.6 Å². The monoisotopic (exact) mass is 223 g/mol. The summed E-state index contributed by atoms with van der Waals surface area (Å²) in [7, 11) is 0. The Bertz CT molecular complexity index is 361. The summed E-state index contributed by atoms with van der Waals surface area (Å²) in [6.07, 6.45) is 5.80. The molecule has 1 aliphatic rings. The standard InChI is InChI=1S/C13H18FNO/c14-10-6-7-12(16)11(8-10)13(15)9-4-2-1-3-5-9/h6-9,13,16H,1-5,15H2/t13-/m0/s1. The zero-order valence-corrected chi connectivity index (χ0v) is 9.32. The molecule has 2 nitrogen and oxygen atoms in total. The summed E-state index contributed by atoms with van der Waals surface area (Å²) < 4.78 is 13.1. The van der Waals surface area contributed by atoms with Gasteiger partial charge >= 0.3 is 0 Å². The normalized spacial score (nSPS) is 19.6. The van der Waals surface area contributed by atoms with Gasteiger partial charge < -0.3 is 10.8 Å².